The van der Waals surface area contributed by atoms with Crippen molar-refractivity contribution in [3.63, 3.8) is 0 Å². The summed E-state index contributed by atoms with van der Waals surface area (Å²) in [5.41, 5.74) is -0.0527. The van der Waals surface area contributed by atoms with Gasteiger partial charge in [-0.25, -0.2) is 0 Å². The number of thioether (sulfide) groups is 1. The number of thiophene rings is 1. The van der Waals surface area contributed by atoms with Crippen molar-refractivity contribution in [2.75, 3.05) is 0 Å². The molecule has 2 heterocycles. The Balaban J connectivity index is 1.81. The van der Waals surface area contributed by atoms with E-state index in [0.29, 0.717) is 23.0 Å². The minimum atomic E-state index is -4.34. The topological polar surface area (TPSA) is 30.7 Å². The summed E-state index contributed by atoms with van der Waals surface area (Å²) in [6, 6.07) is 9.23. The van der Waals surface area contributed by atoms with Gasteiger partial charge in [0.05, 0.1) is 10.4 Å². The molecule has 0 fully saturated rings. The Morgan fingerprint density at radius 3 is 2.72 bits per heavy atom. The fraction of sp³-hybridized carbons (Fsp3) is 0.176. The molecule has 3 aromatic rings. The third-order valence-electron chi connectivity index (χ3n) is 3.39. The van der Waals surface area contributed by atoms with Crippen molar-refractivity contribution in [3.05, 3.63) is 65.6 Å². The average Bonchev–Trinajstić information content (AvgIpc) is 3.22. The van der Waals surface area contributed by atoms with E-state index in [1.54, 1.807) is 23.5 Å². The number of alkyl halides is 3. The van der Waals surface area contributed by atoms with Crippen LogP contribution >= 0.6 is 23.1 Å². The molecule has 3 rings (SSSR count). The first kappa shape index (κ1) is 17.8. The van der Waals surface area contributed by atoms with Crippen molar-refractivity contribution in [2.24, 2.45) is 0 Å². The zero-order chi connectivity index (χ0) is 17.9. The van der Waals surface area contributed by atoms with Gasteiger partial charge in [0.25, 0.3) is 0 Å². The summed E-state index contributed by atoms with van der Waals surface area (Å²) in [7, 11) is 0. The third kappa shape index (κ3) is 4.13. The van der Waals surface area contributed by atoms with Crippen LogP contribution in [0.5, 0.6) is 0 Å². The maximum absolute atomic E-state index is 12.8. The lowest BCUT2D eigenvalue weighted by atomic mass is 10.1. The average molecular weight is 381 g/mol. The minimum absolute atomic E-state index is 0.379. The molecule has 1 aromatic carbocycles. The Hall–Kier alpha value is -2.06. The largest absolute Gasteiger partial charge is 0.416 e. The Morgan fingerprint density at radius 1 is 1.20 bits per heavy atom. The Labute approximate surface area is 151 Å². The van der Waals surface area contributed by atoms with E-state index in [9.17, 15) is 13.2 Å². The summed E-state index contributed by atoms with van der Waals surface area (Å²) in [6.45, 7) is 4.28. The van der Waals surface area contributed by atoms with E-state index in [1.807, 2.05) is 22.1 Å². The van der Waals surface area contributed by atoms with Crippen LogP contribution in [-0.4, -0.2) is 14.8 Å². The smallest absolute Gasteiger partial charge is 0.297 e. The summed E-state index contributed by atoms with van der Waals surface area (Å²) in [4.78, 5) is 0.986. The molecule has 0 aliphatic rings. The maximum Gasteiger partial charge on any atom is 0.416 e. The Kier molecular flexibility index (Phi) is 5.29. The SMILES string of the molecule is C=CCn1c(SCc2cccc(C(F)(F)F)c2)nnc1-c1cccs1. The lowest BCUT2D eigenvalue weighted by Crippen LogP contribution is -2.05. The first-order valence-corrected chi connectivity index (χ1v) is 9.22. The van der Waals surface area contributed by atoms with Crippen molar-refractivity contribution in [1.82, 2.24) is 14.8 Å². The van der Waals surface area contributed by atoms with Crippen LogP contribution in [0.25, 0.3) is 10.7 Å². The van der Waals surface area contributed by atoms with E-state index < -0.39 is 11.7 Å². The molecule has 0 radical (unpaired) electrons. The van der Waals surface area contributed by atoms with Crippen LogP contribution < -0.4 is 0 Å². The molecule has 3 nitrogen and oxygen atoms in total. The van der Waals surface area contributed by atoms with Gasteiger partial charge in [-0.3, -0.25) is 4.57 Å². The highest BCUT2D eigenvalue weighted by molar-refractivity contribution is 7.98. The van der Waals surface area contributed by atoms with Gasteiger partial charge in [-0.05, 0) is 23.1 Å². The molecular formula is C17H14F3N3S2. The normalized spacial score (nSPS) is 11.6. The van der Waals surface area contributed by atoms with Gasteiger partial charge in [0, 0.05) is 12.3 Å². The highest BCUT2D eigenvalue weighted by atomic mass is 32.2. The summed E-state index contributed by atoms with van der Waals surface area (Å²) in [5.74, 6) is 1.12. The Bertz CT molecular complexity index is 854. The van der Waals surface area contributed by atoms with Crippen molar-refractivity contribution in [2.45, 2.75) is 23.6 Å². The van der Waals surface area contributed by atoms with Crippen molar-refractivity contribution >= 4 is 23.1 Å². The van der Waals surface area contributed by atoms with Gasteiger partial charge < -0.3 is 0 Å². The Morgan fingerprint density at radius 2 is 2.04 bits per heavy atom. The molecule has 0 unspecified atom stereocenters. The van der Waals surface area contributed by atoms with Gasteiger partial charge in [0.1, 0.15) is 0 Å². The van der Waals surface area contributed by atoms with E-state index in [-0.39, 0.29) is 0 Å². The second kappa shape index (κ2) is 7.45. The fourth-order valence-corrected chi connectivity index (χ4v) is 3.87. The van der Waals surface area contributed by atoms with Gasteiger partial charge in [-0.15, -0.1) is 28.1 Å². The van der Waals surface area contributed by atoms with E-state index in [0.717, 1.165) is 16.8 Å². The molecule has 0 aliphatic carbocycles. The first-order valence-electron chi connectivity index (χ1n) is 7.36. The number of halogens is 3. The number of rotatable bonds is 6. The molecule has 8 heteroatoms. The molecule has 0 saturated heterocycles. The quantitative estimate of drug-likeness (QED) is 0.417. The van der Waals surface area contributed by atoms with Crippen LogP contribution in [0.4, 0.5) is 13.2 Å². The number of aromatic nitrogens is 3. The lowest BCUT2D eigenvalue weighted by molar-refractivity contribution is -0.137. The molecule has 2 aromatic heterocycles. The van der Waals surface area contributed by atoms with Crippen LogP contribution in [-0.2, 0) is 18.5 Å². The van der Waals surface area contributed by atoms with Crippen molar-refractivity contribution in [3.8, 4) is 10.7 Å². The van der Waals surface area contributed by atoms with Gasteiger partial charge in [0.2, 0.25) is 0 Å². The zero-order valence-electron chi connectivity index (χ0n) is 13.0. The molecule has 25 heavy (non-hydrogen) atoms. The highest BCUT2D eigenvalue weighted by Gasteiger charge is 2.30. The highest BCUT2D eigenvalue weighted by Crippen LogP contribution is 2.32. The molecule has 0 atom stereocenters. The molecule has 0 saturated carbocycles. The van der Waals surface area contributed by atoms with Crippen molar-refractivity contribution in [1.29, 1.82) is 0 Å². The van der Waals surface area contributed by atoms with E-state index in [1.165, 1.54) is 23.9 Å². The van der Waals surface area contributed by atoms with Crippen LogP contribution in [0.15, 0.2) is 59.6 Å². The van der Waals surface area contributed by atoms with Crippen molar-refractivity contribution < 1.29 is 13.2 Å². The first-order chi connectivity index (χ1) is 12.0. The predicted octanol–water partition coefficient (Wildman–Crippen LogP) is 5.50. The van der Waals surface area contributed by atoms with Gasteiger partial charge in [0.15, 0.2) is 11.0 Å². The molecule has 130 valence electrons. The van der Waals surface area contributed by atoms with Gasteiger partial charge in [-0.2, -0.15) is 13.2 Å². The number of nitrogens with zero attached hydrogens (tertiary/aromatic N) is 3. The van der Waals surface area contributed by atoms with Crippen LogP contribution in [0.1, 0.15) is 11.1 Å². The summed E-state index contributed by atoms with van der Waals surface area (Å²) in [6.07, 6.45) is -2.59. The van der Waals surface area contributed by atoms with E-state index >= 15 is 0 Å². The van der Waals surface area contributed by atoms with Crippen LogP contribution in [0.3, 0.4) is 0 Å². The predicted molar refractivity (Wildman–Crippen MR) is 94.5 cm³/mol. The fourth-order valence-electron chi connectivity index (χ4n) is 2.26. The standard InChI is InChI=1S/C17H14F3N3S2/c1-2-8-23-15(14-7-4-9-24-14)21-22-16(23)25-11-12-5-3-6-13(10-12)17(18,19)20/h2-7,9-10H,1,8,11H2. The van der Waals surface area contributed by atoms with Gasteiger partial charge >= 0.3 is 6.18 Å². The second-order valence-electron chi connectivity index (χ2n) is 5.17. The number of hydrogen-bond donors (Lipinski definition) is 0. The maximum atomic E-state index is 12.8. The summed E-state index contributed by atoms with van der Waals surface area (Å²) < 4.78 is 40.4. The summed E-state index contributed by atoms with van der Waals surface area (Å²) >= 11 is 2.91. The molecule has 0 spiro atoms. The molecule has 0 bridgehead atoms. The number of benzene rings is 1. The van der Waals surface area contributed by atoms with Crippen LogP contribution in [0.2, 0.25) is 0 Å². The van der Waals surface area contributed by atoms with E-state index in [2.05, 4.69) is 16.8 Å². The number of hydrogen-bond acceptors (Lipinski definition) is 4. The molecule has 0 amide bonds. The summed E-state index contributed by atoms with van der Waals surface area (Å²) in [5, 5.41) is 11.0. The van der Waals surface area contributed by atoms with E-state index in [4.69, 9.17) is 0 Å². The monoisotopic (exact) mass is 381 g/mol. The van der Waals surface area contributed by atoms with Gasteiger partial charge in [-0.1, -0.05) is 42.1 Å². The minimum Gasteiger partial charge on any atom is -0.297 e. The molecule has 0 aliphatic heterocycles. The lowest BCUT2D eigenvalue weighted by Gasteiger charge is -2.09. The third-order valence-corrected chi connectivity index (χ3v) is 5.30. The molecule has 0 N–H and O–H groups in total. The number of allylic oxidation sites excluding steroid dienone is 1. The zero-order valence-corrected chi connectivity index (χ0v) is 14.7. The van der Waals surface area contributed by atoms with Crippen LogP contribution in [0, 0.1) is 0 Å². The second-order valence-corrected chi connectivity index (χ2v) is 7.06. The molecular weight excluding hydrogens is 367 g/mol.